The molecule has 8 heteroatoms. The van der Waals surface area contributed by atoms with Crippen molar-refractivity contribution in [1.29, 1.82) is 0 Å². The van der Waals surface area contributed by atoms with Crippen LogP contribution >= 0.6 is 0 Å². The first-order valence-corrected chi connectivity index (χ1v) is 11.8. The van der Waals surface area contributed by atoms with Gasteiger partial charge in [0.15, 0.2) is 5.69 Å². The third kappa shape index (κ3) is 5.55. The van der Waals surface area contributed by atoms with Gasteiger partial charge in [-0.05, 0) is 49.3 Å². The van der Waals surface area contributed by atoms with Crippen molar-refractivity contribution >= 4 is 17.4 Å². The van der Waals surface area contributed by atoms with E-state index in [-0.39, 0.29) is 41.8 Å². The van der Waals surface area contributed by atoms with E-state index >= 15 is 0 Å². The van der Waals surface area contributed by atoms with Crippen molar-refractivity contribution in [3.8, 4) is 0 Å². The van der Waals surface area contributed by atoms with E-state index in [4.69, 9.17) is 5.73 Å². The average Bonchev–Trinajstić information content (AvgIpc) is 2.75. The van der Waals surface area contributed by atoms with Gasteiger partial charge in [0.05, 0.1) is 6.54 Å². The summed E-state index contributed by atoms with van der Waals surface area (Å²) in [7, 11) is 1.95. The summed E-state index contributed by atoms with van der Waals surface area (Å²) >= 11 is 0. The lowest BCUT2D eigenvalue weighted by atomic mass is 9.87. The lowest BCUT2D eigenvalue weighted by molar-refractivity contribution is -0.120. The molecule has 8 nitrogen and oxygen atoms in total. The van der Waals surface area contributed by atoms with E-state index in [9.17, 15) is 14.4 Å². The number of carbonyl (C=O) groups excluding carboxylic acids is 1. The second kappa shape index (κ2) is 10.4. The van der Waals surface area contributed by atoms with E-state index in [1.165, 1.54) is 20.6 Å². The second-order valence-electron chi connectivity index (χ2n) is 9.92. The van der Waals surface area contributed by atoms with Gasteiger partial charge in [-0.1, -0.05) is 52.0 Å². The Bertz CT molecular complexity index is 1100. The fourth-order valence-electron chi connectivity index (χ4n) is 4.66. The van der Waals surface area contributed by atoms with Crippen LogP contribution in [0.5, 0.6) is 0 Å². The minimum atomic E-state index is -0.628. The number of nitrogens with one attached hydrogen (secondary N) is 1. The summed E-state index contributed by atoms with van der Waals surface area (Å²) < 4.78 is 1.35. The highest BCUT2D eigenvalue weighted by Gasteiger charge is 2.29. The number of nitrogens with two attached hydrogens (primary N) is 1. The van der Waals surface area contributed by atoms with Crippen molar-refractivity contribution in [3.05, 3.63) is 56.2 Å². The first-order chi connectivity index (χ1) is 15.6. The summed E-state index contributed by atoms with van der Waals surface area (Å²) in [5.41, 5.74) is 7.79. The number of hydrogen-bond acceptors (Lipinski definition) is 5. The Morgan fingerprint density at radius 1 is 1.18 bits per heavy atom. The number of amides is 1. The molecule has 1 atom stereocenters. The average molecular weight is 456 g/mol. The molecular formula is C25H37N5O3. The molecule has 1 amide bonds. The van der Waals surface area contributed by atoms with Crippen LogP contribution in [0.2, 0.25) is 0 Å². The highest BCUT2D eigenvalue weighted by atomic mass is 16.2. The minimum absolute atomic E-state index is 0.0390. The van der Waals surface area contributed by atoms with Crippen molar-refractivity contribution in [2.24, 2.45) is 11.8 Å². The molecule has 0 fully saturated rings. The van der Waals surface area contributed by atoms with Gasteiger partial charge in [-0.25, -0.2) is 4.79 Å². The van der Waals surface area contributed by atoms with Crippen molar-refractivity contribution in [3.63, 3.8) is 0 Å². The Morgan fingerprint density at radius 2 is 1.88 bits per heavy atom. The smallest absolute Gasteiger partial charge is 0.330 e. The number of rotatable bonds is 8. The first-order valence-electron chi connectivity index (χ1n) is 11.8. The van der Waals surface area contributed by atoms with Crippen molar-refractivity contribution in [2.75, 3.05) is 30.8 Å². The molecule has 2 aromatic rings. The lowest BCUT2D eigenvalue weighted by Crippen LogP contribution is -2.46. The standard InChI is InChI=1S/C25H37N5O3/c1-16(2)13-29(22-23(26)30(14-17(3)4)25(33)27-24(22)32)21(31)15-28(5)20-12-8-10-18-9-6-7-11-19(18)20/h6-7,9,11,16-17,20H,8,10,12-15,26H2,1-5H3,(H,27,32,33)/t20-/m1/s1. The molecule has 180 valence electrons. The van der Waals surface area contributed by atoms with E-state index < -0.39 is 11.2 Å². The van der Waals surface area contributed by atoms with Gasteiger partial charge in [0.2, 0.25) is 5.91 Å². The van der Waals surface area contributed by atoms with Gasteiger partial charge in [-0.15, -0.1) is 0 Å². The molecule has 0 bridgehead atoms. The number of likely N-dealkylation sites (N-methyl/N-ethyl adjacent to an activating group) is 1. The first kappa shape index (κ1) is 24.8. The number of hydrogen-bond donors (Lipinski definition) is 2. The Morgan fingerprint density at radius 3 is 2.55 bits per heavy atom. The number of fused-ring (bicyclic) bond motifs is 1. The molecule has 0 saturated heterocycles. The third-order valence-electron chi connectivity index (χ3n) is 6.14. The predicted octanol–water partition coefficient (Wildman–Crippen LogP) is 2.77. The summed E-state index contributed by atoms with van der Waals surface area (Å²) in [6.07, 6.45) is 3.10. The maximum atomic E-state index is 13.6. The summed E-state index contributed by atoms with van der Waals surface area (Å²) in [6, 6.07) is 8.52. The Kier molecular flexibility index (Phi) is 7.79. The van der Waals surface area contributed by atoms with Gasteiger partial charge in [0.25, 0.3) is 5.56 Å². The number of carbonyl (C=O) groups is 1. The van der Waals surface area contributed by atoms with Gasteiger partial charge >= 0.3 is 5.69 Å². The van der Waals surface area contributed by atoms with Gasteiger partial charge in [-0.3, -0.25) is 24.0 Å². The molecule has 0 aliphatic heterocycles. The number of anilines is 2. The van der Waals surface area contributed by atoms with Crippen molar-refractivity contribution in [1.82, 2.24) is 14.5 Å². The molecule has 3 rings (SSSR count). The number of aromatic nitrogens is 2. The fraction of sp³-hybridized carbons (Fsp3) is 0.560. The monoisotopic (exact) mass is 455 g/mol. The van der Waals surface area contributed by atoms with Crippen LogP contribution in [0.15, 0.2) is 33.9 Å². The van der Waals surface area contributed by atoms with Gasteiger partial charge in [-0.2, -0.15) is 0 Å². The summed E-state index contributed by atoms with van der Waals surface area (Å²) in [4.78, 5) is 44.6. The van der Waals surface area contributed by atoms with Crippen LogP contribution in [-0.4, -0.2) is 40.5 Å². The topological polar surface area (TPSA) is 104 Å². The quantitative estimate of drug-likeness (QED) is 0.637. The van der Waals surface area contributed by atoms with Crippen LogP contribution in [0, 0.1) is 11.8 Å². The van der Waals surface area contributed by atoms with Gasteiger partial charge in [0.1, 0.15) is 5.82 Å². The summed E-state index contributed by atoms with van der Waals surface area (Å²) in [5, 5.41) is 0. The Hall–Kier alpha value is -2.87. The molecule has 3 N–H and O–H groups in total. The predicted molar refractivity (Wildman–Crippen MR) is 133 cm³/mol. The minimum Gasteiger partial charge on any atom is -0.383 e. The van der Waals surface area contributed by atoms with Gasteiger partial charge < -0.3 is 10.6 Å². The van der Waals surface area contributed by atoms with Crippen LogP contribution in [0.1, 0.15) is 57.7 Å². The van der Waals surface area contributed by atoms with Gasteiger partial charge in [0, 0.05) is 19.1 Å². The van der Waals surface area contributed by atoms with Crippen LogP contribution < -0.4 is 21.9 Å². The molecule has 1 aliphatic carbocycles. The number of benzene rings is 1. The molecule has 0 unspecified atom stereocenters. The zero-order valence-electron chi connectivity index (χ0n) is 20.4. The van der Waals surface area contributed by atoms with Crippen molar-refractivity contribution in [2.45, 2.75) is 59.5 Å². The number of H-pyrrole nitrogens is 1. The molecule has 33 heavy (non-hydrogen) atoms. The maximum Gasteiger partial charge on any atom is 0.330 e. The number of aromatic amines is 1. The number of nitrogens with zero attached hydrogens (tertiary/aromatic N) is 3. The molecule has 1 aromatic carbocycles. The highest BCUT2D eigenvalue weighted by molar-refractivity contribution is 5.96. The van der Waals surface area contributed by atoms with Crippen molar-refractivity contribution < 1.29 is 4.79 Å². The molecular weight excluding hydrogens is 418 g/mol. The van der Waals surface area contributed by atoms with Crippen LogP contribution in [0.25, 0.3) is 0 Å². The molecule has 0 spiro atoms. The van der Waals surface area contributed by atoms with E-state index in [1.54, 1.807) is 0 Å². The lowest BCUT2D eigenvalue weighted by Gasteiger charge is -2.34. The second-order valence-corrected chi connectivity index (χ2v) is 9.92. The van der Waals surface area contributed by atoms with Crippen LogP contribution in [-0.2, 0) is 17.8 Å². The highest BCUT2D eigenvalue weighted by Crippen LogP contribution is 2.33. The SMILES string of the molecule is CC(C)CN(C(=O)CN(C)[C@@H]1CCCc2ccccc21)c1c(N)n(CC(C)C)c(=O)[nH]c1=O. The van der Waals surface area contributed by atoms with E-state index in [2.05, 4.69) is 28.1 Å². The zero-order chi connectivity index (χ0) is 24.3. The molecule has 1 heterocycles. The largest absolute Gasteiger partial charge is 0.383 e. The van der Waals surface area contributed by atoms with Crippen LogP contribution in [0.4, 0.5) is 11.5 Å². The molecule has 1 aliphatic rings. The summed E-state index contributed by atoms with van der Waals surface area (Å²) in [5.74, 6) is 0.0905. The zero-order valence-corrected chi connectivity index (χ0v) is 20.4. The molecule has 1 aromatic heterocycles. The number of nitrogen functional groups attached to an aromatic ring is 1. The normalized spacial score (nSPS) is 15.8. The Labute approximate surface area is 195 Å². The summed E-state index contributed by atoms with van der Waals surface area (Å²) in [6.45, 7) is 8.73. The molecule has 0 saturated carbocycles. The number of aryl methyl sites for hydroxylation is 1. The Balaban J connectivity index is 1.94. The van der Waals surface area contributed by atoms with E-state index in [1.807, 2.05) is 40.8 Å². The molecule has 0 radical (unpaired) electrons. The van der Waals surface area contributed by atoms with Crippen LogP contribution in [0.3, 0.4) is 0 Å². The van der Waals surface area contributed by atoms with E-state index in [0.29, 0.717) is 13.1 Å². The fourth-order valence-corrected chi connectivity index (χ4v) is 4.66. The maximum absolute atomic E-state index is 13.6. The third-order valence-corrected chi connectivity index (χ3v) is 6.14. The van der Waals surface area contributed by atoms with E-state index in [0.717, 1.165) is 19.3 Å².